The van der Waals surface area contributed by atoms with E-state index in [1.54, 1.807) is 32.9 Å². The molecule has 9 nitrogen and oxygen atoms in total. The lowest BCUT2D eigenvalue weighted by Gasteiger charge is -2.30. The smallest absolute Gasteiger partial charge is 0.435 e. The Bertz CT molecular complexity index is 1310. The van der Waals surface area contributed by atoms with Crippen molar-refractivity contribution in [2.45, 2.75) is 59.5 Å². The van der Waals surface area contributed by atoms with Crippen LogP contribution in [-0.2, 0) is 17.6 Å². The third-order valence-corrected chi connectivity index (χ3v) is 5.84. The number of rotatable bonds is 2. The van der Waals surface area contributed by atoms with E-state index in [2.05, 4.69) is 18.9 Å². The van der Waals surface area contributed by atoms with Crippen molar-refractivity contribution in [3.05, 3.63) is 41.1 Å². The Labute approximate surface area is 190 Å². The van der Waals surface area contributed by atoms with Crippen molar-refractivity contribution in [3.63, 3.8) is 0 Å². The van der Waals surface area contributed by atoms with E-state index in [4.69, 9.17) is 4.74 Å². The first kappa shape index (κ1) is 22.6. The van der Waals surface area contributed by atoms with Gasteiger partial charge in [0.2, 0.25) is 0 Å². The Morgan fingerprint density at radius 3 is 2.42 bits per heavy atom. The minimum Gasteiger partial charge on any atom is -0.478 e. The fourth-order valence-corrected chi connectivity index (χ4v) is 4.31. The van der Waals surface area contributed by atoms with Crippen molar-refractivity contribution in [2.75, 3.05) is 0 Å². The largest absolute Gasteiger partial charge is 0.478 e. The molecule has 0 aliphatic heterocycles. The van der Waals surface area contributed by atoms with Crippen LogP contribution >= 0.6 is 0 Å². The van der Waals surface area contributed by atoms with Crippen LogP contribution in [0.5, 0.6) is 0 Å². The van der Waals surface area contributed by atoms with Crippen LogP contribution in [0.1, 0.15) is 62.7 Å². The first-order valence-corrected chi connectivity index (χ1v) is 10.7. The number of aromatic carboxylic acids is 1. The van der Waals surface area contributed by atoms with Crippen LogP contribution in [0.25, 0.3) is 22.3 Å². The Morgan fingerprint density at radius 2 is 1.82 bits per heavy atom. The van der Waals surface area contributed by atoms with Gasteiger partial charge in [0.1, 0.15) is 11.3 Å². The molecule has 0 atom stereocenters. The fraction of sp³-hybridized carbons (Fsp3) is 0.417. The molecule has 2 aromatic heterocycles. The van der Waals surface area contributed by atoms with Crippen molar-refractivity contribution >= 4 is 29.1 Å². The molecule has 1 aliphatic carbocycles. The van der Waals surface area contributed by atoms with Crippen LogP contribution in [0.4, 0.5) is 9.59 Å². The summed E-state index contributed by atoms with van der Waals surface area (Å²) in [5.41, 5.74) is 1.66. The molecule has 2 heterocycles. The number of hydrogen-bond donors (Lipinski definition) is 2. The molecule has 0 spiro atoms. The monoisotopic (exact) mass is 453 g/mol. The highest BCUT2D eigenvalue weighted by Gasteiger charge is 2.35. The molecule has 2 N–H and O–H groups in total. The summed E-state index contributed by atoms with van der Waals surface area (Å²) in [7, 11) is 0. The molecule has 0 saturated carbocycles. The van der Waals surface area contributed by atoms with Gasteiger partial charge in [0.25, 0.3) is 0 Å². The zero-order valence-corrected chi connectivity index (χ0v) is 19.3. The standard InChI is InChI=1S/C24H27N3O6/c1-23(2,3)33-22(32)27-18-12-24(4,5)9-8-15(18)19(25-27)17-10-13-6-7-14(20(28)29)11-16(13)26(17)21(30)31/h6-7,10-11H,8-9,12H2,1-5H3,(H,28,29)(H,30,31). The maximum Gasteiger partial charge on any atom is 0.435 e. The molecule has 0 amide bonds. The van der Waals surface area contributed by atoms with E-state index < -0.39 is 23.8 Å². The zero-order valence-electron chi connectivity index (χ0n) is 19.3. The van der Waals surface area contributed by atoms with E-state index >= 15 is 0 Å². The van der Waals surface area contributed by atoms with Crippen molar-refractivity contribution in [1.29, 1.82) is 0 Å². The topological polar surface area (TPSA) is 124 Å². The summed E-state index contributed by atoms with van der Waals surface area (Å²) in [6, 6.07) is 5.99. The van der Waals surface area contributed by atoms with Gasteiger partial charge in [-0.25, -0.2) is 19.0 Å². The fourth-order valence-electron chi connectivity index (χ4n) is 4.31. The van der Waals surface area contributed by atoms with Gasteiger partial charge in [-0.2, -0.15) is 9.78 Å². The molecule has 0 fully saturated rings. The second kappa shape index (κ2) is 7.47. The number of carboxylic acids is 1. The molecular formula is C24H27N3O6. The number of benzene rings is 1. The van der Waals surface area contributed by atoms with Gasteiger partial charge >= 0.3 is 18.2 Å². The molecule has 0 bridgehead atoms. The summed E-state index contributed by atoms with van der Waals surface area (Å²) in [6.07, 6.45) is 0.185. The molecule has 0 unspecified atom stereocenters. The molecule has 174 valence electrons. The van der Waals surface area contributed by atoms with Crippen LogP contribution in [0.15, 0.2) is 24.3 Å². The minimum absolute atomic E-state index is 0.0160. The SMILES string of the molecule is CC1(C)CCc2c(-c3cc4ccc(C(=O)O)cc4n3C(=O)O)nn(C(=O)OC(C)(C)C)c2C1. The second-order valence-electron chi connectivity index (χ2n) is 10.2. The van der Waals surface area contributed by atoms with Gasteiger partial charge in [-0.1, -0.05) is 19.9 Å². The van der Waals surface area contributed by atoms with Crippen LogP contribution in [0.2, 0.25) is 0 Å². The Balaban J connectivity index is 1.96. The van der Waals surface area contributed by atoms with E-state index in [0.29, 0.717) is 35.3 Å². The number of hydrogen-bond acceptors (Lipinski definition) is 5. The first-order valence-electron chi connectivity index (χ1n) is 10.7. The summed E-state index contributed by atoms with van der Waals surface area (Å²) in [4.78, 5) is 36.7. The summed E-state index contributed by atoms with van der Waals surface area (Å²) in [5, 5.41) is 24.4. The number of aromatic nitrogens is 3. The van der Waals surface area contributed by atoms with Crippen molar-refractivity contribution in [1.82, 2.24) is 14.3 Å². The molecule has 3 aromatic rings. The molecule has 9 heteroatoms. The molecule has 4 rings (SSSR count). The molecular weight excluding hydrogens is 426 g/mol. The van der Waals surface area contributed by atoms with Gasteiger partial charge in [0.15, 0.2) is 0 Å². The average Bonchev–Trinajstić information content (AvgIpc) is 3.22. The van der Waals surface area contributed by atoms with Crippen molar-refractivity contribution in [3.8, 4) is 11.4 Å². The molecule has 0 radical (unpaired) electrons. The number of nitrogens with zero attached hydrogens (tertiary/aromatic N) is 3. The molecule has 33 heavy (non-hydrogen) atoms. The third kappa shape index (κ3) is 4.10. The quantitative estimate of drug-likeness (QED) is 0.558. The number of fused-ring (bicyclic) bond motifs is 2. The van der Waals surface area contributed by atoms with Gasteiger partial charge in [-0.3, -0.25) is 0 Å². The van der Waals surface area contributed by atoms with Crippen LogP contribution in [0, 0.1) is 5.41 Å². The summed E-state index contributed by atoms with van der Waals surface area (Å²) in [5.74, 6) is -1.15. The van der Waals surface area contributed by atoms with Crippen molar-refractivity contribution < 1.29 is 29.3 Å². The third-order valence-electron chi connectivity index (χ3n) is 5.84. The highest BCUT2D eigenvalue weighted by Crippen LogP contribution is 2.40. The summed E-state index contributed by atoms with van der Waals surface area (Å²) < 4.78 is 7.84. The van der Waals surface area contributed by atoms with Crippen LogP contribution in [-0.4, -0.2) is 48.3 Å². The molecule has 0 saturated heterocycles. The maximum absolute atomic E-state index is 13.0. The lowest BCUT2D eigenvalue weighted by molar-refractivity contribution is 0.0505. The highest BCUT2D eigenvalue weighted by molar-refractivity contribution is 5.99. The van der Waals surface area contributed by atoms with Crippen LogP contribution in [0.3, 0.4) is 0 Å². The van der Waals surface area contributed by atoms with Gasteiger partial charge in [-0.15, -0.1) is 0 Å². The first-order chi connectivity index (χ1) is 15.3. The number of carbonyl (C=O) groups is 3. The lowest BCUT2D eigenvalue weighted by atomic mass is 9.76. The van der Waals surface area contributed by atoms with Crippen molar-refractivity contribution in [2.24, 2.45) is 5.41 Å². The van der Waals surface area contributed by atoms with E-state index in [0.717, 1.165) is 16.6 Å². The average molecular weight is 453 g/mol. The highest BCUT2D eigenvalue weighted by atomic mass is 16.6. The number of carbonyl (C=O) groups excluding carboxylic acids is 1. The predicted molar refractivity (Wildman–Crippen MR) is 121 cm³/mol. The van der Waals surface area contributed by atoms with Gasteiger partial charge < -0.3 is 14.9 Å². The normalized spacial score (nSPS) is 15.3. The van der Waals surface area contributed by atoms with E-state index in [1.807, 2.05) is 0 Å². The maximum atomic E-state index is 13.0. The van der Waals surface area contributed by atoms with Gasteiger partial charge in [-0.05, 0) is 63.6 Å². The Morgan fingerprint density at radius 1 is 1.12 bits per heavy atom. The lowest BCUT2D eigenvalue weighted by Crippen LogP contribution is -2.31. The second-order valence-corrected chi connectivity index (χ2v) is 10.2. The Kier molecular flexibility index (Phi) is 5.11. The molecule has 1 aromatic carbocycles. The van der Waals surface area contributed by atoms with E-state index in [1.165, 1.54) is 16.8 Å². The van der Waals surface area contributed by atoms with E-state index in [9.17, 15) is 24.6 Å². The number of ether oxygens (including phenoxy) is 1. The summed E-state index contributed by atoms with van der Waals surface area (Å²) in [6.45, 7) is 9.55. The van der Waals surface area contributed by atoms with Gasteiger partial charge in [0, 0.05) is 10.9 Å². The van der Waals surface area contributed by atoms with E-state index in [-0.39, 0.29) is 16.5 Å². The minimum atomic E-state index is -1.26. The van der Waals surface area contributed by atoms with Gasteiger partial charge in [0.05, 0.1) is 22.5 Å². The zero-order chi connectivity index (χ0) is 24.3. The summed E-state index contributed by atoms with van der Waals surface area (Å²) >= 11 is 0. The number of carboxylic acid groups (broad SMARTS) is 2. The van der Waals surface area contributed by atoms with Crippen LogP contribution < -0.4 is 0 Å². The Hall–Kier alpha value is -3.62. The predicted octanol–water partition coefficient (Wildman–Crippen LogP) is 5.03. The molecule has 1 aliphatic rings.